The van der Waals surface area contributed by atoms with Crippen LogP contribution in [-0.2, 0) is 0 Å². The largest absolute Gasteiger partial charge is 0.337 e. The van der Waals surface area contributed by atoms with Crippen LogP contribution in [0.25, 0.3) is 0 Å². The van der Waals surface area contributed by atoms with Crippen LogP contribution < -0.4 is 5.32 Å². The van der Waals surface area contributed by atoms with Gasteiger partial charge in [0.2, 0.25) is 0 Å². The third-order valence-electron chi connectivity index (χ3n) is 4.32. The van der Waals surface area contributed by atoms with Crippen molar-refractivity contribution in [3.8, 4) is 0 Å². The number of fused-ring (bicyclic) bond motifs is 1. The molecule has 19 heavy (non-hydrogen) atoms. The van der Waals surface area contributed by atoms with E-state index in [1.54, 1.807) is 6.07 Å². The lowest BCUT2D eigenvalue weighted by molar-refractivity contribution is 0.0784. The van der Waals surface area contributed by atoms with E-state index in [1.165, 1.54) is 25.0 Å². The van der Waals surface area contributed by atoms with E-state index in [0.717, 1.165) is 25.2 Å². The van der Waals surface area contributed by atoms with Crippen LogP contribution in [0.15, 0.2) is 18.2 Å². The summed E-state index contributed by atoms with van der Waals surface area (Å²) in [5.41, 5.74) is 1.34. The van der Waals surface area contributed by atoms with Gasteiger partial charge in [-0.05, 0) is 49.9 Å². The van der Waals surface area contributed by atoms with Crippen LogP contribution in [0.5, 0.6) is 0 Å². The van der Waals surface area contributed by atoms with Crippen LogP contribution in [-0.4, -0.2) is 36.5 Å². The minimum Gasteiger partial charge on any atom is -0.337 e. The molecule has 102 valence electrons. The predicted molar refractivity (Wildman–Crippen MR) is 71.6 cm³/mol. The molecule has 0 bridgehead atoms. The highest BCUT2D eigenvalue weighted by Gasteiger charge is 2.36. The zero-order valence-electron chi connectivity index (χ0n) is 11.2. The first-order chi connectivity index (χ1) is 9.15. The molecule has 1 amide bonds. The van der Waals surface area contributed by atoms with Gasteiger partial charge in [0, 0.05) is 24.7 Å². The first-order valence-electron chi connectivity index (χ1n) is 6.94. The predicted octanol–water partition coefficient (Wildman–Crippen LogP) is 1.96. The molecule has 2 aliphatic heterocycles. The maximum atomic E-state index is 13.3. The number of amides is 1. The fourth-order valence-electron chi connectivity index (χ4n) is 3.21. The summed E-state index contributed by atoms with van der Waals surface area (Å²) >= 11 is 0. The number of carbonyl (C=O) groups is 1. The maximum Gasteiger partial charge on any atom is 0.254 e. The second-order valence-electron chi connectivity index (χ2n) is 5.63. The Balaban J connectivity index is 1.79. The van der Waals surface area contributed by atoms with E-state index in [9.17, 15) is 9.18 Å². The van der Waals surface area contributed by atoms with E-state index in [1.807, 2.05) is 11.8 Å². The summed E-state index contributed by atoms with van der Waals surface area (Å²) in [6, 6.07) is 4.85. The number of hydrogen-bond donors (Lipinski definition) is 1. The Hall–Kier alpha value is -1.42. The Kier molecular flexibility index (Phi) is 3.27. The number of carbonyl (C=O) groups excluding carboxylic acids is 1. The Morgan fingerprint density at radius 2 is 2.26 bits per heavy atom. The van der Waals surface area contributed by atoms with Gasteiger partial charge >= 0.3 is 0 Å². The summed E-state index contributed by atoms with van der Waals surface area (Å²) < 4.78 is 13.3. The molecule has 1 aromatic carbocycles. The SMILES string of the molecule is Cc1ccc(F)cc1C(=O)N1CC2CCCNC2C1. The second kappa shape index (κ2) is 4.93. The molecule has 1 N–H and O–H groups in total. The van der Waals surface area contributed by atoms with Crippen molar-refractivity contribution >= 4 is 5.91 Å². The van der Waals surface area contributed by atoms with Gasteiger partial charge in [-0.3, -0.25) is 4.79 Å². The van der Waals surface area contributed by atoms with Gasteiger partial charge in [-0.1, -0.05) is 6.07 Å². The van der Waals surface area contributed by atoms with E-state index < -0.39 is 0 Å². The number of piperidine rings is 1. The molecule has 2 saturated heterocycles. The zero-order chi connectivity index (χ0) is 13.4. The first kappa shape index (κ1) is 12.6. The van der Waals surface area contributed by atoms with Crippen molar-refractivity contribution in [3.05, 3.63) is 35.1 Å². The van der Waals surface area contributed by atoms with Gasteiger partial charge in [0.05, 0.1) is 0 Å². The van der Waals surface area contributed by atoms with Gasteiger partial charge in [-0.2, -0.15) is 0 Å². The molecule has 2 heterocycles. The van der Waals surface area contributed by atoms with Crippen molar-refractivity contribution in [1.29, 1.82) is 0 Å². The molecule has 2 fully saturated rings. The summed E-state index contributed by atoms with van der Waals surface area (Å²) in [6.45, 7) is 4.45. The van der Waals surface area contributed by atoms with E-state index in [4.69, 9.17) is 0 Å². The molecule has 0 saturated carbocycles. The third kappa shape index (κ3) is 2.37. The van der Waals surface area contributed by atoms with Gasteiger partial charge in [-0.15, -0.1) is 0 Å². The number of nitrogens with one attached hydrogen (secondary N) is 1. The molecule has 3 rings (SSSR count). The highest BCUT2D eigenvalue weighted by molar-refractivity contribution is 5.95. The summed E-state index contributed by atoms with van der Waals surface area (Å²) in [5.74, 6) is 0.184. The molecule has 2 aliphatic rings. The van der Waals surface area contributed by atoms with Crippen molar-refractivity contribution in [3.63, 3.8) is 0 Å². The van der Waals surface area contributed by atoms with Crippen LogP contribution in [0.3, 0.4) is 0 Å². The average Bonchev–Trinajstić information content (AvgIpc) is 2.84. The van der Waals surface area contributed by atoms with Crippen molar-refractivity contribution in [2.75, 3.05) is 19.6 Å². The highest BCUT2D eigenvalue weighted by Crippen LogP contribution is 2.26. The van der Waals surface area contributed by atoms with E-state index in [2.05, 4.69) is 5.32 Å². The van der Waals surface area contributed by atoms with Gasteiger partial charge in [0.25, 0.3) is 5.91 Å². The van der Waals surface area contributed by atoms with Crippen LogP contribution in [0.1, 0.15) is 28.8 Å². The van der Waals surface area contributed by atoms with Crippen molar-refractivity contribution in [1.82, 2.24) is 10.2 Å². The van der Waals surface area contributed by atoms with E-state index in [0.29, 0.717) is 17.5 Å². The highest BCUT2D eigenvalue weighted by atomic mass is 19.1. The van der Waals surface area contributed by atoms with Gasteiger partial charge in [0.1, 0.15) is 5.82 Å². The van der Waals surface area contributed by atoms with Crippen LogP contribution in [0.2, 0.25) is 0 Å². The lowest BCUT2D eigenvalue weighted by Crippen LogP contribution is -2.41. The summed E-state index contributed by atoms with van der Waals surface area (Å²) in [7, 11) is 0. The molecule has 2 unspecified atom stereocenters. The van der Waals surface area contributed by atoms with Crippen molar-refractivity contribution < 1.29 is 9.18 Å². The summed E-state index contributed by atoms with van der Waals surface area (Å²) in [4.78, 5) is 14.4. The number of nitrogens with zero attached hydrogens (tertiary/aromatic N) is 1. The topological polar surface area (TPSA) is 32.3 Å². The fraction of sp³-hybridized carbons (Fsp3) is 0.533. The standard InChI is InChI=1S/C15H19FN2O/c1-10-4-5-12(16)7-13(10)15(19)18-8-11-3-2-6-17-14(11)9-18/h4-5,7,11,14,17H,2-3,6,8-9H2,1H3. The van der Waals surface area contributed by atoms with Crippen LogP contribution in [0, 0.1) is 18.7 Å². The Morgan fingerprint density at radius 1 is 1.42 bits per heavy atom. The molecule has 2 atom stereocenters. The normalized spacial score (nSPS) is 26.3. The number of aryl methyl sites for hydroxylation is 1. The Morgan fingerprint density at radius 3 is 3.05 bits per heavy atom. The first-order valence-corrected chi connectivity index (χ1v) is 6.94. The molecule has 0 radical (unpaired) electrons. The second-order valence-corrected chi connectivity index (χ2v) is 5.63. The van der Waals surface area contributed by atoms with Gasteiger partial charge < -0.3 is 10.2 Å². The molecule has 0 aliphatic carbocycles. The quantitative estimate of drug-likeness (QED) is 0.839. The lowest BCUT2D eigenvalue weighted by atomic mass is 9.94. The van der Waals surface area contributed by atoms with Crippen molar-refractivity contribution in [2.45, 2.75) is 25.8 Å². The zero-order valence-corrected chi connectivity index (χ0v) is 11.2. The maximum absolute atomic E-state index is 13.3. The third-order valence-corrected chi connectivity index (χ3v) is 4.32. The van der Waals surface area contributed by atoms with Crippen LogP contribution in [0.4, 0.5) is 4.39 Å². The Labute approximate surface area is 112 Å². The number of halogens is 1. The van der Waals surface area contributed by atoms with Gasteiger partial charge in [-0.25, -0.2) is 4.39 Å². The van der Waals surface area contributed by atoms with Crippen LogP contribution >= 0.6 is 0 Å². The van der Waals surface area contributed by atoms with E-state index >= 15 is 0 Å². The summed E-state index contributed by atoms with van der Waals surface area (Å²) in [6.07, 6.45) is 2.37. The number of rotatable bonds is 1. The smallest absolute Gasteiger partial charge is 0.254 e. The lowest BCUT2D eigenvalue weighted by Gasteiger charge is -2.24. The minimum atomic E-state index is -0.344. The number of hydrogen-bond acceptors (Lipinski definition) is 2. The minimum absolute atomic E-state index is 0.0341. The number of likely N-dealkylation sites (tertiary alicyclic amines) is 1. The monoisotopic (exact) mass is 262 g/mol. The van der Waals surface area contributed by atoms with Gasteiger partial charge in [0.15, 0.2) is 0 Å². The molecule has 3 nitrogen and oxygen atoms in total. The fourth-order valence-corrected chi connectivity index (χ4v) is 3.21. The summed E-state index contributed by atoms with van der Waals surface area (Å²) in [5, 5.41) is 3.48. The average molecular weight is 262 g/mol. The van der Waals surface area contributed by atoms with E-state index in [-0.39, 0.29) is 11.7 Å². The molecule has 0 aromatic heterocycles. The van der Waals surface area contributed by atoms with Crippen molar-refractivity contribution in [2.24, 2.45) is 5.92 Å². The molecule has 1 aromatic rings. The molecular formula is C15H19FN2O. The number of benzene rings is 1. The molecular weight excluding hydrogens is 243 g/mol. The Bertz CT molecular complexity index is 489. The molecule has 0 spiro atoms. The molecule has 4 heteroatoms.